The third-order valence-electron chi connectivity index (χ3n) is 4.25. The first kappa shape index (κ1) is 20.1. The fraction of sp³-hybridized carbons (Fsp3) is 0.400. The number of amides is 2. The Morgan fingerprint density at radius 3 is 2.15 bits per heavy atom. The van der Waals surface area contributed by atoms with Gasteiger partial charge in [-0.25, -0.2) is 4.39 Å². The van der Waals surface area contributed by atoms with Crippen LogP contribution >= 0.6 is 11.3 Å². The maximum atomic E-state index is 13.0. The van der Waals surface area contributed by atoms with E-state index in [2.05, 4.69) is 16.7 Å². The first-order valence-corrected chi connectivity index (χ1v) is 9.44. The van der Waals surface area contributed by atoms with Gasteiger partial charge in [-0.15, -0.1) is 11.3 Å². The van der Waals surface area contributed by atoms with Gasteiger partial charge in [0, 0.05) is 15.3 Å². The van der Waals surface area contributed by atoms with Crippen LogP contribution in [-0.2, 0) is 4.79 Å². The van der Waals surface area contributed by atoms with Crippen LogP contribution in [0.2, 0.25) is 0 Å². The lowest BCUT2D eigenvalue weighted by atomic mass is 10.0. The Balaban J connectivity index is 2.08. The highest BCUT2D eigenvalue weighted by molar-refractivity contribution is 7.12. The number of benzene rings is 1. The van der Waals surface area contributed by atoms with Crippen molar-refractivity contribution in [3.63, 3.8) is 0 Å². The van der Waals surface area contributed by atoms with E-state index >= 15 is 0 Å². The summed E-state index contributed by atoms with van der Waals surface area (Å²) in [5.41, 5.74) is 1.41. The molecule has 0 fully saturated rings. The molecular formula is C20H25FN2O2S. The maximum Gasteiger partial charge on any atom is 0.251 e. The minimum absolute atomic E-state index is 0.0862. The van der Waals surface area contributed by atoms with Gasteiger partial charge in [0.1, 0.15) is 11.9 Å². The van der Waals surface area contributed by atoms with Crippen molar-refractivity contribution in [2.24, 2.45) is 5.92 Å². The lowest BCUT2D eigenvalue weighted by Crippen LogP contribution is -2.50. The molecule has 2 atom stereocenters. The average Bonchev–Trinajstić information content (AvgIpc) is 2.91. The van der Waals surface area contributed by atoms with Gasteiger partial charge >= 0.3 is 0 Å². The number of nitrogens with one attached hydrogen (secondary N) is 2. The second-order valence-electron chi connectivity index (χ2n) is 6.80. The first-order chi connectivity index (χ1) is 12.2. The molecule has 2 rings (SSSR count). The molecule has 1 aromatic carbocycles. The SMILES string of the molecule is Cc1cc([C@H](C)NC(=O)[C@H](NC(=O)c2ccc(F)cc2)C(C)C)c(C)s1. The first-order valence-electron chi connectivity index (χ1n) is 8.62. The molecule has 26 heavy (non-hydrogen) atoms. The molecule has 2 N–H and O–H groups in total. The molecule has 0 bridgehead atoms. The average molecular weight is 376 g/mol. The summed E-state index contributed by atoms with van der Waals surface area (Å²) in [4.78, 5) is 27.5. The third kappa shape index (κ3) is 4.91. The van der Waals surface area contributed by atoms with Crippen molar-refractivity contribution in [2.45, 2.75) is 46.7 Å². The highest BCUT2D eigenvalue weighted by Gasteiger charge is 2.26. The molecule has 2 amide bonds. The molecular weight excluding hydrogens is 351 g/mol. The van der Waals surface area contributed by atoms with Gasteiger partial charge in [-0.3, -0.25) is 9.59 Å². The molecule has 0 aliphatic rings. The zero-order valence-corrected chi connectivity index (χ0v) is 16.5. The number of halogens is 1. The van der Waals surface area contributed by atoms with Crippen LogP contribution in [0.15, 0.2) is 30.3 Å². The number of hydrogen-bond acceptors (Lipinski definition) is 3. The fourth-order valence-corrected chi connectivity index (χ4v) is 3.84. The van der Waals surface area contributed by atoms with Gasteiger partial charge in [-0.1, -0.05) is 13.8 Å². The summed E-state index contributed by atoms with van der Waals surface area (Å²) >= 11 is 1.70. The lowest BCUT2D eigenvalue weighted by Gasteiger charge is -2.24. The quantitative estimate of drug-likeness (QED) is 0.796. The molecule has 1 heterocycles. The summed E-state index contributed by atoms with van der Waals surface area (Å²) in [6.07, 6.45) is 0. The summed E-state index contributed by atoms with van der Waals surface area (Å²) < 4.78 is 13.0. The van der Waals surface area contributed by atoms with Crippen molar-refractivity contribution < 1.29 is 14.0 Å². The van der Waals surface area contributed by atoms with Gasteiger partial charge in [0.05, 0.1) is 6.04 Å². The van der Waals surface area contributed by atoms with Crippen molar-refractivity contribution >= 4 is 23.2 Å². The molecule has 0 saturated heterocycles. The molecule has 0 aliphatic heterocycles. The molecule has 1 aromatic heterocycles. The van der Waals surface area contributed by atoms with Gasteiger partial charge in [0.2, 0.25) is 5.91 Å². The number of aryl methyl sites for hydroxylation is 2. The Labute approximate surface area is 157 Å². The van der Waals surface area contributed by atoms with Crippen LogP contribution in [0.1, 0.15) is 52.5 Å². The number of carbonyl (C=O) groups is 2. The fourth-order valence-electron chi connectivity index (χ4n) is 2.82. The van der Waals surface area contributed by atoms with Gasteiger partial charge in [0.25, 0.3) is 5.91 Å². The molecule has 0 radical (unpaired) electrons. The minimum Gasteiger partial charge on any atom is -0.348 e. The van der Waals surface area contributed by atoms with Crippen LogP contribution < -0.4 is 10.6 Å². The second kappa shape index (κ2) is 8.45. The van der Waals surface area contributed by atoms with Crippen LogP contribution in [0.4, 0.5) is 4.39 Å². The van der Waals surface area contributed by atoms with Crippen LogP contribution in [0.25, 0.3) is 0 Å². The topological polar surface area (TPSA) is 58.2 Å². The minimum atomic E-state index is -0.671. The largest absolute Gasteiger partial charge is 0.348 e. The van der Waals surface area contributed by atoms with Crippen LogP contribution in [-0.4, -0.2) is 17.9 Å². The van der Waals surface area contributed by atoms with E-state index in [4.69, 9.17) is 0 Å². The van der Waals surface area contributed by atoms with Gasteiger partial charge in [-0.2, -0.15) is 0 Å². The van der Waals surface area contributed by atoms with Gasteiger partial charge in [-0.05, 0) is 62.6 Å². The number of rotatable bonds is 6. The smallest absolute Gasteiger partial charge is 0.251 e. The predicted octanol–water partition coefficient (Wildman–Crippen LogP) is 4.14. The van der Waals surface area contributed by atoms with Crippen molar-refractivity contribution in [1.82, 2.24) is 10.6 Å². The molecule has 6 heteroatoms. The summed E-state index contributed by atoms with van der Waals surface area (Å²) in [5, 5.41) is 5.75. The van der Waals surface area contributed by atoms with Crippen LogP contribution in [0.3, 0.4) is 0 Å². The zero-order chi connectivity index (χ0) is 19.4. The lowest BCUT2D eigenvalue weighted by molar-refractivity contribution is -0.124. The summed E-state index contributed by atoms with van der Waals surface area (Å²) in [6.45, 7) is 9.76. The van der Waals surface area contributed by atoms with E-state index in [-0.39, 0.29) is 17.9 Å². The molecule has 140 valence electrons. The van der Waals surface area contributed by atoms with Gasteiger partial charge < -0.3 is 10.6 Å². The molecule has 0 spiro atoms. The third-order valence-corrected chi connectivity index (χ3v) is 5.23. The van der Waals surface area contributed by atoms with E-state index in [0.717, 1.165) is 5.56 Å². The van der Waals surface area contributed by atoms with Gasteiger partial charge in [0.15, 0.2) is 0 Å². The monoisotopic (exact) mass is 376 g/mol. The number of thiophene rings is 1. The van der Waals surface area contributed by atoms with E-state index < -0.39 is 17.8 Å². The van der Waals surface area contributed by atoms with E-state index in [1.807, 2.05) is 34.6 Å². The second-order valence-corrected chi connectivity index (χ2v) is 8.26. The van der Waals surface area contributed by atoms with E-state index in [1.54, 1.807) is 11.3 Å². The number of carbonyl (C=O) groups excluding carboxylic acids is 2. The Kier molecular flexibility index (Phi) is 6.53. The Morgan fingerprint density at radius 1 is 1.04 bits per heavy atom. The van der Waals surface area contributed by atoms with Crippen LogP contribution in [0, 0.1) is 25.6 Å². The summed E-state index contributed by atoms with van der Waals surface area (Å²) in [5.74, 6) is -1.12. The van der Waals surface area contributed by atoms with E-state index in [9.17, 15) is 14.0 Å². The highest BCUT2D eigenvalue weighted by atomic mass is 32.1. The van der Waals surface area contributed by atoms with Crippen molar-refractivity contribution in [1.29, 1.82) is 0 Å². The summed E-state index contributed by atoms with van der Waals surface area (Å²) in [6, 6.07) is 6.52. The van der Waals surface area contributed by atoms with E-state index in [0.29, 0.717) is 5.56 Å². The Hall–Kier alpha value is -2.21. The normalized spacial score (nSPS) is 13.3. The Morgan fingerprint density at radius 2 is 1.65 bits per heavy atom. The standard InChI is InChI=1S/C20H25FN2O2S/c1-11(2)18(23-19(24)15-6-8-16(21)9-7-15)20(25)22-13(4)17-10-12(3)26-14(17)5/h6-11,13,18H,1-5H3,(H,22,25)(H,23,24)/t13-,18+/m0/s1. The molecule has 0 aliphatic carbocycles. The molecule has 0 unspecified atom stereocenters. The van der Waals surface area contributed by atoms with Crippen molar-refractivity contribution in [2.75, 3.05) is 0 Å². The van der Waals surface area contributed by atoms with Crippen molar-refractivity contribution in [3.05, 3.63) is 57.0 Å². The zero-order valence-electron chi connectivity index (χ0n) is 15.7. The number of hydrogen-bond donors (Lipinski definition) is 2. The molecule has 2 aromatic rings. The molecule has 4 nitrogen and oxygen atoms in total. The highest BCUT2D eigenvalue weighted by Crippen LogP contribution is 2.26. The maximum absolute atomic E-state index is 13.0. The van der Waals surface area contributed by atoms with E-state index in [1.165, 1.54) is 34.0 Å². The van der Waals surface area contributed by atoms with Crippen molar-refractivity contribution in [3.8, 4) is 0 Å². The Bertz CT molecular complexity index is 784. The van der Waals surface area contributed by atoms with Crippen LogP contribution in [0.5, 0.6) is 0 Å². The summed E-state index contributed by atoms with van der Waals surface area (Å²) in [7, 11) is 0. The molecule has 0 saturated carbocycles. The predicted molar refractivity (Wildman–Crippen MR) is 103 cm³/mol.